The highest BCUT2D eigenvalue weighted by atomic mass is 16.5. The number of carbonyl (C=O) groups excluding carboxylic acids is 2. The van der Waals surface area contributed by atoms with Gasteiger partial charge in [0.05, 0.1) is 19.9 Å². The Bertz CT molecular complexity index is 607. The van der Waals surface area contributed by atoms with Gasteiger partial charge >= 0.3 is 0 Å². The quantitative estimate of drug-likeness (QED) is 0.858. The SMILES string of the molecule is COc1ccc(NC(=O)C2CCN(C(=O)CC(C)C)CC2)c(OC)c1. The molecule has 1 fully saturated rings. The molecule has 0 bridgehead atoms. The van der Waals surface area contributed by atoms with Crippen LogP contribution in [0.25, 0.3) is 0 Å². The zero-order chi connectivity index (χ0) is 18.4. The van der Waals surface area contributed by atoms with Gasteiger partial charge in [-0.3, -0.25) is 9.59 Å². The van der Waals surface area contributed by atoms with Gasteiger partial charge in [-0.15, -0.1) is 0 Å². The molecule has 1 aromatic carbocycles. The molecular formula is C19H28N2O4. The maximum Gasteiger partial charge on any atom is 0.227 e. The van der Waals surface area contributed by atoms with Crippen molar-refractivity contribution in [1.82, 2.24) is 4.90 Å². The van der Waals surface area contributed by atoms with Crippen LogP contribution in [0, 0.1) is 11.8 Å². The van der Waals surface area contributed by atoms with Gasteiger partial charge in [-0.25, -0.2) is 0 Å². The second-order valence-corrected chi connectivity index (χ2v) is 6.81. The van der Waals surface area contributed by atoms with Crippen molar-refractivity contribution >= 4 is 17.5 Å². The summed E-state index contributed by atoms with van der Waals surface area (Å²) in [7, 11) is 3.14. The van der Waals surface area contributed by atoms with Crippen LogP contribution in [0.1, 0.15) is 33.1 Å². The predicted octanol–water partition coefficient (Wildman–Crippen LogP) is 2.93. The lowest BCUT2D eigenvalue weighted by Gasteiger charge is -2.32. The Kier molecular flexibility index (Phi) is 6.67. The van der Waals surface area contributed by atoms with E-state index in [1.165, 1.54) is 0 Å². The largest absolute Gasteiger partial charge is 0.497 e. The fourth-order valence-corrected chi connectivity index (χ4v) is 3.01. The highest BCUT2D eigenvalue weighted by Crippen LogP contribution is 2.30. The van der Waals surface area contributed by atoms with Crippen LogP contribution < -0.4 is 14.8 Å². The fraction of sp³-hybridized carbons (Fsp3) is 0.579. The van der Waals surface area contributed by atoms with Crippen molar-refractivity contribution < 1.29 is 19.1 Å². The van der Waals surface area contributed by atoms with Crippen LogP contribution >= 0.6 is 0 Å². The van der Waals surface area contributed by atoms with E-state index in [-0.39, 0.29) is 17.7 Å². The van der Waals surface area contributed by atoms with E-state index >= 15 is 0 Å². The summed E-state index contributed by atoms with van der Waals surface area (Å²) in [5.74, 6) is 1.67. The lowest BCUT2D eigenvalue weighted by molar-refractivity contribution is -0.135. The number of nitrogens with one attached hydrogen (secondary N) is 1. The highest BCUT2D eigenvalue weighted by Gasteiger charge is 2.28. The normalized spacial score (nSPS) is 15.2. The molecule has 1 aliphatic heterocycles. The van der Waals surface area contributed by atoms with E-state index in [9.17, 15) is 9.59 Å². The summed E-state index contributed by atoms with van der Waals surface area (Å²) in [5.41, 5.74) is 0.631. The number of likely N-dealkylation sites (tertiary alicyclic amines) is 1. The number of hydrogen-bond donors (Lipinski definition) is 1. The lowest BCUT2D eigenvalue weighted by atomic mass is 9.95. The van der Waals surface area contributed by atoms with Gasteiger partial charge in [0.15, 0.2) is 0 Å². The molecule has 1 saturated heterocycles. The third-order valence-corrected chi connectivity index (χ3v) is 4.47. The van der Waals surface area contributed by atoms with E-state index < -0.39 is 0 Å². The minimum atomic E-state index is -0.0880. The summed E-state index contributed by atoms with van der Waals surface area (Å²) < 4.78 is 10.5. The third kappa shape index (κ3) is 5.11. The van der Waals surface area contributed by atoms with Crippen molar-refractivity contribution in [3.05, 3.63) is 18.2 Å². The van der Waals surface area contributed by atoms with Gasteiger partial charge in [0.25, 0.3) is 0 Å². The Labute approximate surface area is 149 Å². The molecule has 0 radical (unpaired) electrons. The molecule has 6 heteroatoms. The maximum atomic E-state index is 12.5. The second-order valence-electron chi connectivity index (χ2n) is 6.81. The third-order valence-electron chi connectivity index (χ3n) is 4.47. The number of carbonyl (C=O) groups is 2. The number of rotatable bonds is 6. The molecular weight excluding hydrogens is 320 g/mol. The van der Waals surface area contributed by atoms with Crippen LogP contribution in [-0.2, 0) is 9.59 Å². The monoisotopic (exact) mass is 348 g/mol. The molecule has 138 valence electrons. The minimum absolute atomic E-state index is 0.0283. The zero-order valence-electron chi connectivity index (χ0n) is 15.5. The number of nitrogens with zero attached hydrogens (tertiary/aromatic N) is 1. The Morgan fingerprint density at radius 3 is 2.44 bits per heavy atom. The smallest absolute Gasteiger partial charge is 0.227 e. The summed E-state index contributed by atoms with van der Waals surface area (Å²) in [4.78, 5) is 26.5. The van der Waals surface area contributed by atoms with Crippen LogP contribution in [0.3, 0.4) is 0 Å². The Balaban J connectivity index is 1.92. The molecule has 1 aliphatic rings. The maximum absolute atomic E-state index is 12.5. The average Bonchev–Trinajstić information content (AvgIpc) is 2.61. The Hall–Kier alpha value is -2.24. The summed E-state index contributed by atoms with van der Waals surface area (Å²) in [5, 5.41) is 2.94. The number of amides is 2. The Morgan fingerprint density at radius 2 is 1.88 bits per heavy atom. The summed E-state index contributed by atoms with van der Waals surface area (Å²) in [6, 6.07) is 5.30. The van der Waals surface area contributed by atoms with Crippen LogP contribution in [0.4, 0.5) is 5.69 Å². The molecule has 0 aliphatic carbocycles. The van der Waals surface area contributed by atoms with Gasteiger partial charge in [-0.05, 0) is 30.9 Å². The molecule has 1 heterocycles. The lowest BCUT2D eigenvalue weighted by Crippen LogP contribution is -2.41. The standard InChI is InChI=1S/C19H28N2O4/c1-13(2)11-18(22)21-9-7-14(8-10-21)19(23)20-16-6-5-15(24-3)12-17(16)25-4/h5-6,12-14H,7-11H2,1-4H3,(H,20,23). The van der Waals surface area contributed by atoms with Gasteiger partial charge in [0.2, 0.25) is 11.8 Å². The minimum Gasteiger partial charge on any atom is -0.497 e. The molecule has 0 saturated carbocycles. The van der Waals surface area contributed by atoms with Crippen molar-refractivity contribution in [3.8, 4) is 11.5 Å². The van der Waals surface area contributed by atoms with Crippen LogP contribution in [0.5, 0.6) is 11.5 Å². The number of piperidine rings is 1. The van der Waals surface area contributed by atoms with Crippen molar-refractivity contribution in [2.45, 2.75) is 33.1 Å². The van der Waals surface area contributed by atoms with Gasteiger partial charge in [0, 0.05) is 31.5 Å². The van der Waals surface area contributed by atoms with Crippen molar-refractivity contribution in [3.63, 3.8) is 0 Å². The van der Waals surface area contributed by atoms with Gasteiger partial charge in [-0.1, -0.05) is 13.8 Å². The van der Waals surface area contributed by atoms with Crippen molar-refractivity contribution in [2.24, 2.45) is 11.8 Å². The van der Waals surface area contributed by atoms with E-state index in [0.29, 0.717) is 55.5 Å². The van der Waals surface area contributed by atoms with Crippen LogP contribution in [0.15, 0.2) is 18.2 Å². The number of anilines is 1. The molecule has 0 aromatic heterocycles. The van der Waals surface area contributed by atoms with Gasteiger partial charge < -0.3 is 19.7 Å². The zero-order valence-corrected chi connectivity index (χ0v) is 15.5. The molecule has 2 rings (SSSR count). The number of benzene rings is 1. The van der Waals surface area contributed by atoms with Gasteiger partial charge in [0.1, 0.15) is 11.5 Å². The van der Waals surface area contributed by atoms with Crippen molar-refractivity contribution in [2.75, 3.05) is 32.6 Å². The summed E-state index contributed by atoms with van der Waals surface area (Å²) in [6.07, 6.45) is 1.95. The predicted molar refractivity (Wildman–Crippen MR) is 96.9 cm³/mol. The van der Waals surface area contributed by atoms with E-state index in [2.05, 4.69) is 5.32 Å². The first-order valence-electron chi connectivity index (χ1n) is 8.75. The first-order chi connectivity index (χ1) is 11.9. The number of methoxy groups -OCH3 is 2. The average molecular weight is 348 g/mol. The Morgan fingerprint density at radius 1 is 1.20 bits per heavy atom. The van der Waals surface area contributed by atoms with Crippen LogP contribution in [-0.4, -0.2) is 44.0 Å². The summed E-state index contributed by atoms with van der Waals surface area (Å²) >= 11 is 0. The molecule has 1 aromatic rings. The number of hydrogen-bond acceptors (Lipinski definition) is 4. The number of ether oxygens (including phenoxy) is 2. The molecule has 2 amide bonds. The van der Waals surface area contributed by atoms with Crippen molar-refractivity contribution in [1.29, 1.82) is 0 Å². The topological polar surface area (TPSA) is 67.9 Å². The first-order valence-corrected chi connectivity index (χ1v) is 8.75. The highest BCUT2D eigenvalue weighted by molar-refractivity contribution is 5.94. The van der Waals surface area contributed by atoms with E-state index in [1.54, 1.807) is 32.4 Å². The van der Waals surface area contributed by atoms with E-state index in [1.807, 2.05) is 18.7 Å². The van der Waals surface area contributed by atoms with Crippen LogP contribution in [0.2, 0.25) is 0 Å². The summed E-state index contributed by atoms with van der Waals surface area (Å²) in [6.45, 7) is 5.37. The molecule has 0 atom stereocenters. The van der Waals surface area contributed by atoms with Gasteiger partial charge in [-0.2, -0.15) is 0 Å². The molecule has 6 nitrogen and oxygen atoms in total. The molecule has 1 N–H and O–H groups in total. The van der Waals surface area contributed by atoms with E-state index in [0.717, 1.165) is 0 Å². The fourth-order valence-electron chi connectivity index (χ4n) is 3.01. The molecule has 25 heavy (non-hydrogen) atoms. The first kappa shape index (κ1) is 19.1. The molecule has 0 spiro atoms. The molecule has 0 unspecified atom stereocenters. The van der Waals surface area contributed by atoms with E-state index in [4.69, 9.17) is 9.47 Å². The second kappa shape index (κ2) is 8.74.